The maximum absolute atomic E-state index is 12.9. The molecule has 1 saturated heterocycles. The van der Waals surface area contributed by atoms with Crippen LogP contribution in [-0.2, 0) is 35.0 Å². The van der Waals surface area contributed by atoms with Crippen molar-refractivity contribution in [2.45, 2.75) is 38.2 Å². The number of hydrogen-bond donors (Lipinski definition) is 2. The van der Waals surface area contributed by atoms with E-state index in [0.717, 1.165) is 0 Å². The normalized spacial score (nSPS) is 20.6. The first kappa shape index (κ1) is 25.7. The number of primary amides is 1. The van der Waals surface area contributed by atoms with Crippen molar-refractivity contribution < 1.29 is 46.2 Å². The van der Waals surface area contributed by atoms with Crippen LogP contribution >= 0.6 is 0 Å². The number of nitrogens with two attached hydrogens (primary N) is 1. The van der Waals surface area contributed by atoms with E-state index in [-0.39, 0.29) is 13.0 Å². The van der Waals surface area contributed by atoms with Gasteiger partial charge < -0.3 is 25.3 Å². The zero-order valence-corrected chi connectivity index (χ0v) is 17.1. The molecule has 0 saturated carbocycles. The van der Waals surface area contributed by atoms with Gasteiger partial charge in [-0.3, -0.25) is 14.4 Å². The molecule has 8 nitrogen and oxygen atoms in total. The summed E-state index contributed by atoms with van der Waals surface area (Å²) in [5.41, 5.74) is 4.75. The predicted octanol–water partition coefficient (Wildman–Crippen LogP) is 1.27. The molecule has 0 spiro atoms. The predicted molar refractivity (Wildman–Crippen MR) is 102 cm³/mol. The first-order valence-corrected chi connectivity index (χ1v) is 9.65. The van der Waals surface area contributed by atoms with Crippen molar-refractivity contribution >= 4 is 17.6 Å². The standard InChI is InChI=1S/C20H24F4N2O6/c1-20(10-32-20)15(27)14(7-11-5-3-2-4-6-11)26-17(29)13(9-31-19(23)24)12(16(25)28)8-30-18(21)22/h2-6,12-14,18-19H,7-10H2,1H3,(H2,25,28)(H,26,29)/t12?,13-,14+,20-/m1/s1. The summed E-state index contributed by atoms with van der Waals surface area (Å²) >= 11 is 0. The number of alkyl halides is 4. The van der Waals surface area contributed by atoms with Gasteiger partial charge in [0.2, 0.25) is 11.8 Å². The molecule has 1 fully saturated rings. The van der Waals surface area contributed by atoms with E-state index in [1.54, 1.807) is 30.3 Å². The molecule has 0 aliphatic carbocycles. The number of ketones is 1. The number of nitrogens with one attached hydrogen (secondary N) is 1. The Morgan fingerprint density at radius 3 is 2.06 bits per heavy atom. The summed E-state index contributed by atoms with van der Waals surface area (Å²) in [6.45, 7) is -6.93. The number of amides is 2. The highest BCUT2D eigenvalue weighted by atomic mass is 19.3. The fourth-order valence-corrected chi connectivity index (χ4v) is 3.08. The summed E-state index contributed by atoms with van der Waals surface area (Å²) in [7, 11) is 0. The van der Waals surface area contributed by atoms with Crippen molar-refractivity contribution in [3.63, 3.8) is 0 Å². The quantitative estimate of drug-likeness (QED) is 0.316. The number of rotatable bonds is 14. The molecule has 1 aromatic rings. The van der Waals surface area contributed by atoms with Gasteiger partial charge in [0.05, 0.1) is 37.7 Å². The molecule has 32 heavy (non-hydrogen) atoms. The average Bonchev–Trinajstić information content (AvgIpc) is 3.47. The van der Waals surface area contributed by atoms with Crippen molar-refractivity contribution in [3.8, 4) is 0 Å². The number of benzene rings is 1. The zero-order valence-electron chi connectivity index (χ0n) is 17.1. The van der Waals surface area contributed by atoms with E-state index in [2.05, 4.69) is 14.8 Å². The van der Waals surface area contributed by atoms with E-state index in [9.17, 15) is 31.9 Å². The number of hydrogen-bond acceptors (Lipinski definition) is 6. The van der Waals surface area contributed by atoms with Crippen LogP contribution in [-0.4, -0.2) is 62.3 Å². The van der Waals surface area contributed by atoms with E-state index < -0.39 is 67.5 Å². The van der Waals surface area contributed by atoms with Crippen molar-refractivity contribution in [1.82, 2.24) is 5.32 Å². The van der Waals surface area contributed by atoms with Crippen molar-refractivity contribution in [3.05, 3.63) is 35.9 Å². The first-order valence-electron chi connectivity index (χ1n) is 9.65. The Bertz CT molecular complexity index is 792. The molecule has 3 N–H and O–H groups in total. The van der Waals surface area contributed by atoms with Crippen LogP contribution in [0, 0.1) is 11.8 Å². The lowest BCUT2D eigenvalue weighted by Crippen LogP contribution is -2.52. The van der Waals surface area contributed by atoms with Gasteiger partial charge in [-0.25, -0.2) is 0 Å². The maximum Gasteiger partial charge on any atom is 0.345 e. The Kier molecular flexibility index (Phi) is 9.10. The molecule has 1 unspecified atom stereocenters. The Labute approximate surface area is 181 Å². The van der Waals surface area contributed by atoms with Gasteiger partial charge in [0.15, 0.2) is 5.78 Å². The van der Waals surface area contributed by atoms with Gasteiger partial charge in [0, 0.05) is 0 Å². The van der Waals surface area contributed by atoms with E-state index in [0.29, 0.717) is 5.56 Å². The molecule has 178 valence electrons. The smallest absolute Gasteiger partial charge is 0.345 e. The van der Waals surface area contributed by atoms with E-state index >= 15 is 0 Å². The first-order chi connectivity index (χ1) is 15.0. The van der Waals surface area contributed by atoms with Crippen LogP contribution in [0.4, 0.5) is 17.6 Å². The van der Waals surface area contributed by atoms with Crippen LogP contribution in [0.2, 0.25) is 0 Å². The molecule has 1 heterocycles. The van der Waals surface area contributed by atoms with Crippen LogP contribution in [0.5, 0.6) is 0 Å². The van der Waals surface area contributed by atoms with Gasteiger partial charge in [0.25, 0.3) is 0 Å². The highest BCUT2D eigenvalue weighted by molar-refractivity contribution is 5.97. The Hall–Kier alpha value is -2.57. The van der Waals surface area contributed by atoms with E-state index in [4.69, 9.17) is 10.5 Å². The molecule has 1 aromatic carbocycles. The van der Waals surface area contributed by atoms with Crippen LogP contribution in [0.3, 0.4) is 0 Å². The number of carbonyl (C=O) groups is 3. The highest BCUT2D eigenvalue weighted by Gasteiger charge is 2.50. The molecule has 0 aromatic heterocycles. The average molecular weight is 464 g/mol. The third kappa shape index (κ3) is 7.53. The summed E-state index contributed by atoms with van der Waals surface area (Å²) in [5.74, 6) is -6.16. The monoisotopic (exact) mass is 464 g/mol. The minimum absolute atomic E-state index is 0.0432. The molecular weight excluding hydrogens is 440 g/mol. The molecule has 0 radical (unpaired) electrons. The van der Waals surface area contributed by atoms with E-state index in [1.807, 2.05) is 0 Å². The summed E-state index contributed by atoms with van der Waals surface area (Å²) < 4.78 is 63.4. The van der Waals surface area contributed by atoms with Gasteiger partial charge in [-0.05, 0) is 18.9 Å². The SMILES string of the molecule is C[C@]1(C(=O)[C@H](Cc2ccccc2)NC(=O)[C@H](COC(F)F)C(COC(F)F)C(N)=O)CO1. The number of Topliss-reactive ketones (excluding diaryl/α,β-unsaturated/α-hetero) is 1. The lowest BCUT2D eigenvalue weighted by atomic mass is 9.90. The summed E-state index contributed by atoms with van der Waals surface area (Å²) in [6.07, 6.45) is 0.0432. The fraction of sp³-hybridized carbons (Fsp3) is 0.550. The Morgan fingerprint density at radius 1 is 1.06 bits per heavy atom. The third-order valence-electron chi connectivity index (χ3n) is 5.01. The minimum Gasteiger partial charge on any atom is -0.369 e. The lowest BCUT2D eigenvalue weighted by molar-refractivity contribution is -0.171. The van der Waals surface area contributed by atoms with Crippen LogP contribution in [0.1, 0.15) is 12.5 Å². The second kappa shape index (κ2) is 11.3. The molecule has 2 amide bonds. The van der Waals surface area contributed by atoms with Crippen LogP contribution in [0.15, 0.2) is 30.3 Å². The molecule has 4 atom stereocenters. The summed E-state index contributed by atoms with van der Waals surface area (Å²) in [6, 6.07) is 7.47. The largest absolute Gasteiger partial charge is 0.369 e. The van der Waals surface area contributed by atoms with E-state index in [1.165, 1.54) is 6.92 Å². The molecule has 2 rings (SSSR count). The van der Waals surface area contributed by atoms with Gasteiger partial charge in [0.1, 0.15) is 5.60 Å². The topological polar surface area (TPSA) is 120 Å². The number of ether oxygens (including phenoxy) is 3. The minimum atomic E-state index is -3.30. The van der Waals surface area contributed by atoms with Gasteiger partial charge in [-0.2, -0.15) is 17.6 Å². The molecule has 0 bridgehead atoms. The number of carbonyl (C=O) groups excluding carboxylic acids is 3. The summed E-state index contributed by atoms with van der Waals surface area (Å²) in [4.78, 5) is 37.6. The maximum atomic E-state index is 12.9. The highest BCUT2D eigenvalue weighted by Crippen LogP contribution is 2.29. The number of epoxide rings is 1. The van der Waals surface area contributed by atoms with Crippen LogP contribution < -0.4 is 11.1 Å². The molecule has 1 aliphatic heterocycles. The van der Waals surface area contributed by atoms with Crippen molar-refractivity contribution in [2.75, 3.05) is 19.8 Å². The van der Waals surface area contributed by atoms with Gasteiger partial charge in [-0.1, -0.05) is 30.3 Å². The Morgan fingerprint density at radius 2 is 1.59 bits per heavy atom. The summed E-state index contributed by atoms with van der Waals surface area (Å²) in [5, 5.41) is 2.41. The third-order valence-corrected chi connectivity index (χ3v) is 5.01. The van der Waals surface area contributed by atoms with Crippen LogP contribution in [0.25, 0.3) is 0 Å². The molecular formula is C20H24F4N2O6. The van der Waals surface area contributed by atoms with Gasteiger partial charge >= 0.3 is 13.2 Å². The van der Waals surface area contributed by atoms with Crippen molar-refractivity contribution in [2.24, 2.45) is 17.6 Å². The second-order valence-corrected chi connectivity index (χ2v) is 7.44. The fourth-order valence-electron chi connectivity index (χ4n) is 3.08. The van der Waals surface area contributed by atoms with Gasteiger partial charge in [-0.15, -0.1) is 0 Å². The Balaban J connectivity index is 2.24. The molecule has 12 heteroatoms. The van der Waals surface area contributed by atoms with Crippen molar-refractivity contribution in [1.29, 1.82) is 0 Å². The zero-order chi connectivity index (χ0) is 23.9. The number of halogens is 4. The second-order valence-electron chi connectivity index (χ2n) is 7.44. The lowest BCUT2D eigenvalue weighted by Gasteiger charge is -2.27. The molecule has 1 aliphatic rings.